The molecule has 4 heteroatoms. The summed E-state index contributed by atoms with van der Waals surface area (Å²) in [7, 11) is 0. The van der Waals surface area contributed by atoms with Crippen molar-refractivity contribution < 1.29 is 19.4 Å². The fourth-order valence-corrected chi connectivity index (χ4v) is 1.43. The third kappa shape index (κ3) is 6.38. The Kier molecular flexibility index (Phi) is 6.81. The number of carbonyl (C=O) groups is 1. The van der Waals surface area contributed by atoms with E-state index in [1.54, 1.807) is 6.08 Å². The number of aliphatic carboxylic acids is 1. The van der Waals surface area contributed by atoms with Crippen molar-refractivity contribution in [1.82, 2.24) is 0 Å². The van der Waals surface area contributed by atoms with Gasteiger partial charge in [0, 0.05) is 6.08 Å². The van der Waals surface area contributed by atoms with E-state index in [0.717, 1.165) is 17.4 Å². The summed E-state index contributed by atoms with van der Waals surface area (Å²) in [5.74, 6) is 0.287. The number of carboxylic acids is 1. The van der Waals surface area contributed by atoms with Gasteiger partial charge < -0.3 is 14.6 Å². The first-order valence-corrected chi connectivity index (χ1v) is 6.74. The molecule has 0 radical (unpaired) electrons. The first kappa shape index (κ1) is 16.2. The second-order valence-electron chi connectivity index (χ2n) is 4.91. The van der Waals surface area contributed by atoms with E-state index >= 15 is 0 Å². The van der Waals surface area contributed by atoms with Gasteiger partial charge in [0.15, 0.2) is 0 Å². The molecule has 1 aromatic carbocycles. The number of rotatable bonds is 8. The van der Waals surface area contributed by atoms with Crippen LogP contribution in [0.15, 0.2) is 30.3 Å². The standard InChI is InChI=1S/C16H22O4/c1-12(2)13(3)19-10-11-20-15-7-4-14(5-8-15)6-9-16(17)18/h4-9,12-13H,10-11H2,1-3H3,(H,17,18)/b9-6+. The Labute approximate surface area is 120 Å². The molecular weight excluding hydrogens is 256 g/mol. The molecule has 0 spiro atoms. The molecule has 0 aliphatic rings. The second kappa shape index (κ2) is 8.38. The molecule has 0 aromatic heterocycles. The lowest BCUT2D eigenvalue weighted by Gasteiger charge is -2.16. The van der Waals surface area contributed by atoms with Crippen molar-refractivity contribution in [1.29, 1.82) is 0 Å². The molecule has 0 saturated carbocycles. The molecule has 0 amide bonds. The molecule has 0 aliphatic carbocycles. The van der Waals surface area contributed by atoms with Gasteiger partial charge in [-0.2, -0.15) is 0 Å². The average Bonchev–Trinajstić information content (AvgIpc) is 2.42. The van der Waals surface area contributed by atoms with Crippen molar-refractivity contribution in [2.24, 2.45) is 5.92 Å². The average molecular weight is 278 g/mol. The monoisotopic (exact) mass is 278 g/mol. The summed E-state index contributed by atoms with van der Waals surface area (Å²) in [5, 5.41) is 8.53. The topological polar surface area (TPSA) is 55.8 Å². The van der Waals surface area contributed by atoms with Crippen LogP contribution in [-0.2, 0) is 9.53 Å². The van der Waals surface area contributed by atoms with Crippen LogP contribution >= 0.6 is 0 Å². The first-order chi connectivity index (χ1) is 9.49. The summed E-state index contributed by atoms with van der Waals surface area (Å²) in [6.45, 7) is 7.35. The first-order valence-electron chi connectivity index (χ1n) is 6.74. The Morgan fingerprint density at radius 2 is 1.85 bits per heavy atom. The van der Waals surface area contributed by atoms with Gasteiger partial charge in [0.05, 0.1) is 12.7 Å². The molecule has 0 saturated heterocycles. The molecule has 1 aromatic rings. The van der Waals surface area contributed by atoms with Crippen molar-refractivity contribution >= 4 is 12.0 Å². The second-order valence-corrected chi connectivity index (χ2v) is 4.91. The molecular formula is C16H22O4. The maximum atomic E-state index is 10.4. The number of carboxylic acid groups (broad SMARTS) is 1. The highest BCUT2D eigenvalue weighted by Crippen LogP contribution is 2.13. The molecule has 0 fully saturated rings. The maximum absolute atomic E-state index is 10.4. The van der Waals surface area contributed by atoms with E-state index in [2.05, 4.69) is 13.8 Å². The van der Waals surface area contributed by atoms with Crippen molar-refractivity contribution in [2.45, 2.75) is 26.9 Å². The van der Waals surface area contributed by atoms with Crippen molar-refractivity contribution in [2.75, 3.05) is 13.2 Å². The van der Waals surface area contributed by atoms with E-state index in [1.807, 2.05) is 31.2 Å². The van der Waals surface area contributed by atoms with Crippen LogP contribution in [0, 0.1) is 5.92 Å². The molecule has 4 nitrogen and oxygen atoms in total. The zero-order valence-electron chi connectivity index (χ0n) is 12.2. The fourth-order valence-electron chi connectivity index (χ4n) is 1.43. The number of ether oxygens (including phenoxy) is 2. The van der Waals surface area contributed by atoms with Gasteiger partial charge in [-0.3, -0.25) is 0 Å². The van der Waals surface area contributed by atoms with Gasteiger partial charge in [0.25, 0.3) is 0 Å². The number of benzene rings is 1. The van der Waals surface area contributed by atoms with Crippen molar-refractivity contribution in [3.8, 4) is 5.75 Å². The van der Waals surface area contributed by atoms with Gasteiger partial charge >= 0.3 is 5.97 Å². The van der Waals surface area contributed by atoms with Crippen LogP contribution in [0.5, 0.6) is 5.75 Å². The van der Waals surface area contributed by atoms with Gasteiger partial charge in [-0.05, 0) is 36.6 Å². The number of hydrogen-bond acceptors (Lipinski definition) is 3. The van der Waals surface area contributed by atoms with Crippen LogP contribution in [0.1, 0.15) is 26.3 Å². The minimum absolute atomic E-state index is 0.224. The van der Waals surface area contributed by atoms with E-state index in [1.165, 1.54) is 0 Å². The smallest absolute Gasteiger partial charge is 0.328 e. The van der Waals surface area contributed by atoms with Crippen LogP contribution < -0.4 is 4.74 Å². The van der Waals surface area contributed by atoms with Crippen molar-refractivity contribution in [3.05, 3.63) is 35.9 Å². The molecule has 1 unspecified atom stereocenters. The Bertz CT molecular complexity index is 434. The SMILES string of the molecule is CC(C)C(C)OCCOc1ccc(/C=C/C(=O)O)cc1. The highest BCUT2D eigenvalue weighted by molar-refractivity contribution is 5.85. The Morgan fingerprint density at radius 3 is 2.40 bits per heavy atom. The summed E-state index contributed by atoms with van der Waals surface area (Å²) in [6.07, 6.45) is 2.87. The summed E-state index contributed by atoms with van der Waals surface area (Å²) in [6, 6.07) is 7.25. The predicted molar refractivity (Wildman–Crippen MR) is 78.9 cm³/mol. The third-order valence-electron chi connectivity index (χ3n) is 2.97. The normalized spacial score (nSPS) is 12.8. The Hall–Kier alpha value is -1.81. The van der Waals surface area contributed by atoms with E-state index < -0.39 is 5.97 Å². The molecule has 20 heavy (non-hydrogen) atoms. The van der Waals surface area contributed by atoms with Crippen LogP contribution in [0.25, 0.3) is 6.08 Å². The Morgan fingerprint density at radius 1 is 1.20 bits per heavy atom. The minimum atomic E-state index is -0.957. The highest BCUT2D eigenvalue weighted by atomic mass is 16.5. The van der Waals surface area contributed by atoms with Gasteiger partial charge in [0.2, 0.25) is 0 Å². The number of hydrogen-bond donors (Lipinski definition) is 1. The molecule has 110 valence electrons. The summed E-state index contributed by atoms with van der Waals surface area (Å²) in [5.41, 5.74) is 0.824. The van der Waals surface area contributed by atoms with E-state index in [9.17, 15) is 4.79 Å². The molecule has 0 aliphatic heterocycles. The third-order valence-corrected chi connectivity index (χ3v) is 2.97. The lowest BCUT2D eigenvalue weighted by atomic mass is 10.1. The maximum Gasteiger partial charge on any atom is 0.328 e. The van der Waals surface area contributed by atoms with Gasteiger partial charge in [-0.25, -0.2) is 4.79 Å². The van der Waals surface area contributed by atoms with Crippen LogP contribution in [0.2, 0.25) is 0 Å². The quantitative estimate of drug-likeness (QED) is 0.586. The summed E-state index contributed by atoms with van der Waals surface area (Å²) in [4.78, 5) is 10.4. The molecule has 1 N–H and O–H groups in total. The van der Waals surface area contributed by atoms with Gasteiger partial charge in [0.1, 0.15) is 12.4 Å². The molecule has 1 rings (SSSR count). The molecule has 0 bridgehead atoms. The highest BCUT2D eigenvalue weighted by Gasteiger charge is 2.06. The molecule has 0 heterocycles. The summed E-state index contributed by atoms with van der Waals surface area (Å²) >= 11 is 0. The van der Waals surface area contributed by atoms with Crippen LogP contribution in [0.4, 0.5) is 0 Å². The zero-order chi connectivity index (χ0) is 15.0. The fraction of sp³-hybridized carbons (Fsp3) is 0.438. The largest absolute Gasteiger partial charge is 0.491 e. The Balaban J connectivity index is 2.33. The van der Waals surface area contributed by atoms with E-state index in [4.69, 9.17) is 14.6 Å². The van der Waals surface area contributed by atoms with E-state index in [-0.39, 0.29) is 6.10 Å². The van der Waals surface area contributed by atoms with E-state index in [0.29, 0.717) is 19.1 Å². The predicted octanol–water partition coefficient (Wildman–Crippen LogP) is 3.22. The summed E-state index contributed by atoms with van der Waals surface area (Å²) < 4.78 is 11.2. The lowest BCUT2D eigenvalue weighted by molar-refractivity contribution is -0.131. The van der Waals surface area contributed by atoms with Gasteiger partial charge in [-0.15, -0.1) is 0 Å². The van der Waals surface area contributed by atoms with Gasteiger partial charge in [-0.1, -0.05) is 26.0 Å². The van der Waals surface area contributed by atoms with Crippen LogP contribution in [-0.4, -0.2) is 30.4 Å². The van der Waals surface area contributed by atoms with Crippen LogP contribution in [0.3, 0.4) is 0 Å². The lowest BCUT2D eigenvalue weighted by Crippen LogP contribution is -2.19. The van der Waals surface area contributed by atoms with Crippen molar-refractivity contribution in [3.63, 3.8) is 0 Å². The molecule has 1 atom stereocenters. The minimum Gasteiger partial charge on any atom is -0.491 e. The zero-order valence-corrected chi connectivity index (χ0v) is 12.2.